The van der Waals surface area contributed by atoms with Gasteiger partial charge in [-0.3, -0.25) is 9.69 Å². The Morgan fingerprint density at radius 1 is 0.903 bits per heavy atom. The van der Waals surface area contributed by atoms with Crippen LogP contribution in [0.2, 0.25) is 0 Å². The number of hydrogen-bond acceptors (Lipinski definition) is 4. The van der Waals surface area contributed by atoms with Crippen molar-refractivity contribution in [2.24, 2.45) is 5.92 Å². The van der Waals surface area contributed by atoms with Gasteiger partial charge in [-0.25, -0.2) is 17.2 Å². The van der Waals surface area contributed by atoms with Crippen molar-refractivity contribution in [1.29, 1.82) is 0 Å². The second-order valence-corrected chi connectivity index (χ2v) is 10.8. The Hall–Kier alpha value is -1.58. The number of likely N-dealkylation sites (tertiary alicyclic amines) is 1. The predicted octanol–water partition coefficient (Wildman–Crippen LogP) is 2.84. The van der Waals surface area contributed by atoms with Crippen molar-refractivity contribution < 1.29 is 22.0 Å². The van der Waals surface area contributed by atoms with Crippen LogP contribution in [0.25, 0.3) is 0 Å². The Kier molecular flexibility index (Phi) is 6.93. The summed E-state index contributed by atoms with van der Waals surface area (Å²) in [5.74, 6) is -1.42. The number of benzene rings is 1. The molecule has 2 atom stereocenters. The fraction of sp³-hybridized carbons (Fsp3) is 0.682. The minimum Gasteiger partial charge on any atom is -0.338 e. The van der Waals surface area contributed by atoms with Crippen molar-refractivity contribution in [1.82, 2.24) is 14.1 Å². The molecule has 0 aromatic heterocycles. The van der Waals surface area contributed by atoms with Gasteiger partial charge in [0.2, 0.25) is 15.9 Å². The van der Waals surface area contributed by atoms with Gasteiger partial charge < -0.3 is 4.90 Å². The molecule has 1 amide bonds. The molecule has 0 radical (unpaired) electrons. The van der Waals surface area contributed by atoms with Crippen LogP contribution in [0, 0.1) is 17.6 Å². The van der Waals surface area contributed by atoms with Crippen LogP contribution in [0.15, 0.2) is 23.1 Å². The molecular weight excluding hydrogens is 424 g/mol. The molecule has 0 unspecified atom stereocenters. The minimum absolute atomic E-state index is 0.107. The summed E-state index contributed by atoms with van der Waals surface area (Å²) >= 11 is 0. The Labute approximate surface area is 183 Å². The van der Waals surface area contributed by atoms with Gasteiger partial charge in [0.1, 0.15) is 11.6 Å². The average Bonchev–Trinajstić information content (AvgIpc) is 2.99. The first-order valence-electron chi connectivity index (χ1n) is 11.3. The van der Waals surface area contributed by atoms with E-state index in [0.717, 1.165) is 41.9 Å². The lowest BCUT2D eigenvalue weighted by Gasteiger charge is -2.44. The lowest BCUT2D eigenvalue weighted by Crippen LogP contribution is -2.52. The summed E-state index contributed by atoms with van der Waals surface area (Å²) in [7, 11) is -4.27. The molecule has 0 bridgehead atoms. The molecule has 1 aromatic carbocycles. The number of carbonyl (C=O) groups is 1. The van der Waals surface area contributed by atoms with Crippen molar-refractivity contribution in [2.45, 2.75) is 55.9 Å². The molecule has 172 valence electrons. The standard InChI is InChI=1S/C22H31F2N3O3S/c23-18-8-3-9-19(24)22(18)31(29,30)26-12-5-11-25(14-15-26)16-21(28)27-13-4-7-17-6-1-2-10-20(17)27/h3,8-9,17,20H,1-2,4-7,10-16H2/t17-,20+/m0/s1. The number of sulfonamides is 1. The van der Waals surface area contributed by atoms with Crippen LogP contribution in [0.5, 0.6) is 0 Å². The zero-order valence-electron chi connectivity index (χ0n) is 17.8. The normalized spacial score (nSPS) is 26.3. The van der Waals surface area contributed by atoms with E-state index in [9.17, 15) is 22.0 Å². The quantitative estimate of drug-likeness (QED) is 0.701. The smallest absolute Gasteiger partial charge is 0.248 e. The third kappa shape index (κ3) is 4.78. The fourth-order valence-corrected chi connectivity index (χ4v) is 7.00. The van der Waals surface area contributed by atoms with Gasteiger partial charge in [0.15, 0.2) is 4.90 Å². The minimum atomic E-state index is -4.27. The van der Waals surface area contributed by atoms with Crippen LogP contribution in [-0.2, 0) is 14.8 Å². The second kappa shape index (κ2) is 9.50. The van der Waals surface area contributed by atoms with Gasteiger partial charge in [0.05, 0.1) is 6.54 Å². The second-order valence-electron chi connectivity index (χ2n) is 8.93. The number of hydrogen-bond donors (Lipinski definition) is 0. The molecule has 2 aliphatic heterocycles. The fourth-order valence-electron chi connectivity index (χ4n) is 5.42. The highest BCUT2D eigenvalue weighted by molar-refractivity contribution is 7.89. The van der Waals surface area contributed by atoms with E-state index in [1.165, 1.54) is 25.7 Å². The topological polar surface area (TPSA) is 60.9 Å². The van der Waals surface area contributed by atoms with Gasteiger partial charge in [-0.2, -0.15) is 4.31 Å². The van der Waals surface area contributed by atoms with Crippen LogP contribution >= 0.6 is 0 Å². The molecule has 1 saturated carbocycles. The van der Waals surface area contributed by atoms with Gasteiger partial charge in [-0.15, -0.1) is 0 Å². The maximum Gasteiger partial charge on any atom is 0.248 e. The molecule has 1 aliphatic carbocycles. The Morgan fingerprint density at radius 3 is 2.39 bits per heavy atom. The number of carbonyl (C=O) groups excluding carboxylic acids is 1. The third-order valence-corrected chi connectivity index (χ3v) is 8.94. The summed E-state index contributed by atoms with van der Waals surface area (Å²) in [6.45, 7) is 2.30. The molecule has 3 fully saturated rings. The van der Waals surface area contributed by atoms with Crippen LogP contribution in [0.3, 0.4) is 0 Å². The van der Waals surface area contributed by atoms with Gasteiger partial charge in [0, 0.05) is 32.2 Å². The summed E-state index contributed by atoms with van der Waals surface area (Å²) < 4.78 is 55.0. The highest BCUT2D eigenvalue weighted by Crippen LogP contribution is 2.35. The van der Waals surface area contributed by atoms with E-state index in [1.54, 1.807) is 0 Å². The zero-order valence-corrected chi connectivity index (χ0v) is 18.6. The van der Waals surface area contributed by atoms with Crippen LogP contribution in [0.4, 0.5) is 8.78 Å². The summed E-state index contributed by atoms with van der Waals surface area (Å²) in [5, 5.41) is 0. The number of fused-ring (bicyclic) bond motifs is 1. The number of piperidine rings is 1. The van der Waals surface area contributed by atoms with E-state index in [2.05, 4.69) is 4.90 Å². The van der Waals surface area contributed by atoms with Crippen molar-refractivity contribution in [3.63, 3.8) is 0 Å². The predicted molar refractivity (Wildman–Crippen MR) is 113 cm³/mol. The average molecular weight is 456 g/mol. The highest BCUT2D eigenvalue weighted by atomic mass is 32.2. The maximum absolute atomic E-state index is 14.1. The Balaban J connectivity index is 1.39. The van der Waals surface area contributed by atoms with Gasteiger partial charge in [0.25, 0.3) is 0 Å². The SMILES string of the molecule is O=C(CN1CCCN(S(=O)(=O)c2c(F)cccc2F)CC1)N1CCC[C@@H]2CCCC[C@H]21. The molecule has 0 spiro atoms. The number of amides is 1. The van der Waals surface area contributed by atoms with E-state index < -0.39 is 26.6 Å². The maximum atomic E-state index is 14.1. The first-order chi connectivity index (χ1) is 14.9. The monoisotopic (exact) mass is 455 g/mol. The molecule has 31 heavy (non-hydrogen) atoms. The van der Waals surface area contributed by atoms with Gasteiger partial charge in [-0.1, -0.05) is 18.9 Å². The van der Waals surface area contributed by atoms with Gasteiger partial charge in [-0.05, 0) is 56.7 Å². The number of nitrogens with zero attached hydrogens (tertiary/aromatic N) is 3. The van der Waals surface area contributed by atoms with Crippen molar-refractivity contribution in [2.75, 3.05) is 39.3 Å². The summed E-state index contributed by atoms with van der Waals surface area (Å²) in [6.07, 6.45) is 7.48. The lowest BCUT2D eigenvalue weighted by atomic mass is 9.78. The molecular formula is C22H31F2N3O3S. The highest BCUT2D eigenvalue weighted by Gasteiger charge is 2.37. The molecule has 0 N–H and O–H groups in total. The molecule has 4 rings (SSSR count). The molecule has 2 heterocycles. The van der Waals surface area contributed by atoms with E-state index in [4.69, 9.17) is 0 Å². The summed E-state index contributed by atoms with van der Waals surface area (Å²) in [5.41, 5.74) is 0. The first-order valence-corrected chi connectivity index (χ1v) is 12.8. The van der Waals surface area contributed by atoms with Crippen LogP contribution in [0.1, 0.15) is 44.9 Å². The third-order valence-electron chi connectivity index (χ3n) is 6.99. The largest absolute Gasteiger partial charge is 0.338 e. The van der Waals surface area contributed by atoms with Crippen molar-refractivity contribution in [3.8, 4) is 0 Å². The Morgan fingerprint density at radius 2 is 1.61 bits per heavy atom. The van der Waals surface area contributed by atoms with E-state index >= 15 is 0 Å². The van der Waals surface area contributed by atoms with E-state index in [1.807, 2.05) is 4.90 Å². The molecule has 2 saturated heterocycles. The van der Waals surface area contributed by atoms with E-state index in [-0.39, 0.29) is 25.5 Å². The lowest BCUT2D eigenvalue weighted by molar-refractivity contribution is -0.138. The van der Waals surface area contributed by atoms with Crippen molar-refractivity contribution >= 4 is 15.9 Å². The first kappa shape index (κ1) is 22.6. The van der Waals surface area contributed by atoms with Crippen LogP contribution < -0.4 is 0 Å². The molecule has 6 nitrogen and oxygen atoms in total. The Bertz CT molecular complexity index is 889. The molecule has 1 aromatic rings. The van der Waals surface area contributed by atoms with Gasteiger partial charge >= 0.3 is 0 Å². The number of rotatable bonds is 4. The number of halogens is 2. The summed E-state index contributed by atoms with van der Waals surface area (Å²) in [6, 6.07) is 3.41. The molecule has 9 heteroatoms. The summed E-state index contributed by atoms with van der Waals surface area (Å²) in [4.78, 5) is 16.2. The molecule has 3 aliphatic rings. The van der Waals surface area contributed by atoms with Crippen molar-refractivity contribution in [3.05, 3.63) is 29.8 Å². The van der Waals surface area contributed by atoms with Crippen LogP contribution in [-0.4, -0.2) is 73.7 Å². The zero-order chi connectivity index (χ0) is 22.0. The van der Waals surface area contributed by atoms with E-state index in [0.29, 0.717) is 31.5 Å².